The zero-order chi connectivity index (χ0) is 18.8. The molecule has 0 saturated heterocycles. The predicted molar refractivity (Wildman–Crippen MR) is 118 cm³/mol. The van der Waals surface area contributed by atoms with E-state index in [1.165, 1.54) is 0 Å². The maximum atomic E-state index is 8.78. The minimum atomic E-state index is 0.00827. The molecule has 0 aliphatic rings. The van der Waals surface area contributed by atoms with Crippen LogP contribution in [0.25, 0.3) is 22.0 Å². The van der Waals surface area contributed by atoms with Crippen LogP contribution in [0.15, 0.2) is 30.3 Å². The number of rotatable bonds is 5. The second-order valence-corrected chi connectivity index (χ2v) is 8.35. The van der Waals surface area contributed by atoms with E-state index in [1.54, 1.807) is 6.07 Å². The lowest BCUT2D eigenvalue weighted by Gasteiger charge is -2.15. The molecule has 26 heavy (non-hydrogen) atoms. The fraction of sp³-hybridized carbons (Fsp3) is 0.211. The molecule has 3 nitrogen and oxygen atoms in total. The number of fused-ring (bicyclic) bond motifs is 1. The molecule has 0 amide bonds. The van der Waals surface area contributed by atoms with Crippen LogP contribution in [0.4, 0.5) is 0 Å². The molecule has 0 saturated carbocycles. The third-order valence-corrected chi connectivity index (χ3v) is 6.26. The van der Waals surface area contributed by atoms with Crippen LogP contribution in [0, 0.1) is 14.9 Å². The number of halogens is 4. The summed E-state index contributed by atoms with van der Waals surface area (Å²) >= 11 is 21.2. The van der Waals surface area contributed by atoms with E-state index in [0.717, 1.165) is 31.3 Å². The van der Waals surface area contributed by atoms with Gasteiger partial charge >= 0.3 is 0 Å². The van der Waals surface area contributed by atoms with Gasteiger partial charge in [-0.2, -0.15) is 5.26 Å². The summed E-state index contributed by atoms with van der Waals surface area (Å²) in [4.78, 5) is 3.50. The Balaban J connectivity index is 2.21. The number of hydrogen-bond donors (Lipinski definition) is 2. The van der Waals surface area contributed by atoms with Crippen molar-refractivity contribution in [1.82, 2.24) is 10.3 Å². The summed E-state index contributed by atoms with van der Waals surface area (Å²) in [5.74, 6) is 0. The van der Waals surface area contributed by atoms with Crippen LogP contribution >= 0.6 is 57.4 Å². The third kappa shape index (κ3) is 3.97. The van der Waals surface area contributed by atoms with E-state index >= 15 is 0 Å². The summed E-state index contributed by atoms with van der Waals surface area (Å²) in [6.07, 6.45) is 0.450. The van der Waals surface area contributed by atoms with E-state index in [2.05, 4.69) is 45.9 Å². The van der Waals surface area contributed by atoms with Crippen LogP contribution in [0.5, 0.6) is 0 Å². The fourth-order valence-electron chi connectivity index (χ4n) is 2.96. The summed E-state index contributed by atoms with van der Waals surface area (Å²) in [6.45, 7) is 2.67. The number of H-pyrrole nitrogens is 1. The first-order valence-corrected chi connectivity index (χ1v) is 10.2. The number of hydrogen-bond acceptors (Lipinski definition) is 2. The SMILES string of the molecule is CC(NCCC#N)c1[nH]c2cc(I)c(Cl)cc2c1-c1ccc(Cl)cc1Cl. The number of aromatic nitrogens is 1. The molecule has 7 heteroatoms. The molecule has 0 radical (unpaired) electrons. The first-order chi connectivity index (χ1) is 12.4. The lowest BCUT2D eigenvalue weighted by Crippen LogP contribution is -2.20. The molecule has 0 aliphatic carbocycles. The van der Waals surface area contributed by atoms with Crippen molar-refractivity contribution in [2.45, 2.75) is 19.4 Å². The molecule has 2 aromatic carbocycles. The Labute approximate surface area is 180 Å². The molecule has 1 heterocycles. The van der Waals surface area contributed by atoms with Crippen molar-refractivity contribution in [3.05, 3.63) is 54.7 Å². The van der Waals surface area contributed by atoms with Gasteiger partial charge in [-0.3, -0.25) is 0 Å². The minimum absolute atomic E-state index is 0.00827. The molecule has 1 atom stereocenters. The van der Waals surface area contributed by atoms with Crippen molar-refractivity contribution in [2.24, 2.45) is 0 Å². The Morgan fingerprint density at radius 3 is 2.65 bits per heavy atom. The van der Waals surface area contributed by atoms with Gasteiger partial charge in [0, 0.05) is 60.3 Å². The number of nitrogens with zero attached hydrogens (tertiary/aromatic N) is 1. The van der Waals surface area contributed by atoms with Crippen molar-refractivity contribution in [1.29, 1.82) is 5.26 Å². The molecule has 1 aromatic heterocycles. The van der Waals surface area contributed by atoms with Crippen molar-refractivity contribution >= 4 is 68.3 Å². The Kier molecular flexibility index (Phi) is 6.37. The second kappa shape index (κ2) is 8.37. The Bertz CT molecular complexity index is 1010. The zero-order valence-corrected chi connectivity index (χ0v) is 18.3. The maximum Gasteiger partial charge on any atom is 0.0635 e. The lowest BCUT2D eigenvalue weighted by atomic mass is 9.99. The molecule has 3 rings (SSSR count). The lowest BCUT2D eigenvalue weighted by molar-refractivity contribution is 0.574. The number of nitrogens with one attached hydrogen (secondary N) is 2. The molecule has 134 valence electrons. The maximum absolute atomic E-state index is 8.78. The van der Waals surface area contributed by atoms with Gasteiger partial charge < -0.3 is 10.3 Å². The molecule has 1 unspecified atom stereocenters. The predicted octanol–water partition coefficient (Wildman–Crippen LogP) is 6.96. The molecule has 0 aliphatic heterocycles. The van der Waals surface area contributed by atoms with E-state index < -0.39 is 0 Å². The van der Waals surface area contributed by atoms with Gasteiger partial charge in [0.1, 0.15) is 0 Å². The standard InChI is InChI=1S/C19H15Cl3IN3/c1-10(25-6-2-5-24)19-18(12-4-3-11(20)7-14(12)21)13-8-15(22)16(23)9-17(13)26-19/h3-4,7-10,25-26H,2,6H2,1H3. The van der Waals surface area contributed by atoms with Crippen LogP contribution in [0.2, 0.25) is 15.1 Å². The Hall–Kier alpha value is -0.970. The smallest absolute Gasteiger partial charge is 0.0635 e. The van der Waals surface area contributed by atoms with Crippen LogP contribution < -0.4 is 5.32 Å². The third-order valence-electron chi connectivity index (χ3n) is 4.19. The zero-order valence-electron chi connectivity index (χ0n) is 13.8. The minimum Gasteiger partial charge on any atom is -0.357 e. The number of nitriles is 1. The molecule has 0 bridgehead atoms. The van der Waals surface area contributed by atoms with Gasteiger partial charge in [-0.15, -0.1) is 0 Å². The fourth-order valence-corrected chi connectivity index (χ4v) is 4.10. The first-order valence-electron chi connectivity index (χ1n) is 7.98. The average Bonchev–Trinajstić information content (AvgIpc) is 2.94. The molecule has 0 spiro atoms. The summed E-state index contributed by atoms with van der Waals surface area (Å²) in [5.41, 5.74) is 3.88. The van der Waals surface area contributed by atoms with Crippen LogP contribution in [-0.4, -0.2) is 11.5 Å². The van der Waals surface area contributed by atoms with Crippen LogP contribution in [0.1, 0.15) is 25.1 Å². The van der Waals surface area contributed by atoms with E-state index in [9.17, 15) is 0 Å². The van der Waals surface area contributed by atoms with E-state index in [4.69, 9.17) is 40.1 Å². The summed E-state index contributed by atoms with van der Waals surface area (Å²) in [7, 11) is 0. The van der Waals surface area contributed by atoms with Crippen molar-refractivity contribution in [2.75, 3.05) is 6.54 Å². The average molecular weight is 519 g/mol. The van der Waals surface area contributed by atoms with Crippen LogP contribution in [0.3, 0.4) is 0 Å². The second-order valence-electron chi connectivity index (χ2n) is 5.93. The summed E-state index contributed by atoms with van der Waals surface area (Å²) < 4.78 is 0.975. The van der Waals surface area contributed by atoms with E-state index in [0.29, 0.717) is 28.0 Å². The Morgan fingerprint density at radius 2 is 1.96 bits per heavy atom. The highest BCUT2D eigenvalue weighted by Gasteiger charge is 2.21. The molecule has 2 N–H and O–H groups in total. The number of benzene rings is 2. The molecular formula is C19H15Cl3IN3. The van der Waals surface area contributed by atoms with Crippen molar-refractivity contribution in [3.8, 4) is 17.2 Å². The van der Waals surface area contributed by atoms with E-state index in [-0.39, 0.29) is 6.04 Å². The summed E-state index contributed by atoms with van der Waals surface area (Å²) in [5, 5.41) is 15.0. The monoisotopic (exact) mass is 517 g/mol. The largest absolute Gasteiger partial charge is 0.357 e. The van der Waals surface area contributed by atoms with Gasteiger partial charge in [-0.05, 0) is 53.8 Å². The highest BCUT2D eigenvalue weighted by Crippen LogP contribution is 2.41. The topological polar surface area (TPSA) is 51.6 Å². The molecular weight excluding hydrogens is 503 g/mol. The van der Waals surface area contributed by atoms with Gasteiger partial charge in [0.05, 0.1) is 11.1 Å². The quantitative estimate of drug-likeness (QED) is 0.283. The van der Waals surface area contributed by atoms with Gasteiger partial charge in [-0.1, -0.05) is 40.9 Å². The first kappa shape index (κ1) is 19.8. The van der Waals surface area contributed by atoms with Gasteiger partial charge in [0.2, 0.25) is 0 Å². The van der Waals surface area contributed by atoms with E-state index in [1.807, 2.05) is 24.3 Å². The Morgan fingerprint density at radius 1 is 1.19 bits per heavy atom. The summed E-state index contributed by atoms with van der Waals surface area (Å²) in [6, 6.07) is 11.6. The normalized spacial score (nSPS) is 12.3. The highest BCUT2D eigenvalue weighted by atomic mass is 127. The van der Waals surface area contributed by atoms with Crippen molar-refractivity contribution < 1.29 is 0 Å². The molecule has 3 aromatic rings. The van der Waals surface area contributed by atoms with Crippen molar-refractivity contribution in [3.63, 3.8) is 0 Å². The molecule has 0 fully saturated rings. The highest BCUT2D eigenvalue weighted by molar-refractivity contribution is 14.1. The van der Waals surface area contributed by atoms with Gasteiger partial charge in [0.25, 0.3) is 0 Å². The van der Waals surface area contributed by atoms with Gasteiger partial charge in [-0.25, -0.2) is 0 Å². The number of aromatic amines is 1. The van der Waals surface area contributed by atoms with Gasteiger partial charge in [0.15, 0.2) is 0 Å². The van der Waals surface area contributed by atoms with Crippen LogP contribution in [-0.2, 0) is 0 Å².